The summed E-state index contributed by atoms with van der Waals surface area (Å²) in [5, 5.41) is 3.44. The van der Waals surface area contributed by atoms with Crippen molar-refractivity contribution in [1.82, 2.24) is 10.3 Å². The minimum Gasteiger partial charge on any atom is -0.317 e. The van der Waals surface area contributed by atoms with Gasteiger partial charge in [-0.1, -0.05) is 33.8 Å². The van der Waals surface area contributed by atoms with Gasteiger partial charge >= 0.3 is 0 Å². The van der Waals surface area contributed by atoms with Crippen LogP contribution in [0.25, 0.3) is 0 Å². The first-order valence-corrected chi connectivity index (χ1v) is 6.97. The van der Waals surface area contributed by atoms with E-state index in [-0.39, 0.29) is 0 Å². The molecule has 2 heteroatoms. The minimum absolute atomic E-state index is 0.423. The van der Waals surface area contributed by atoms with E-state index in [1.165, 1.54) is 18.4 Å². The van der Waals surface area contributed by atoms with Crippen molar-refractivity contribution in [1.29, 1.82) is 0 Å². The van der Waals surface area contributed by atoms with Gasteiger partial charge in [0.15, 0.2) is 0 Å². The summed E-state index contributed by atoms with van der Waals surface area (Å²) < 4.78 is 0. The summed E-state index contributed by atoms with van der Waals surface area (Å²) in [5.41, 5.74) is 1.74. The summed E-state index contributed by atoms with van der Waals surface area (Å²) in [7, 11) is 2.06. The molecule has 2 nitrogen and oxygen atoms in total. The van der Waals surface area contributed by atoms with Crippen LogP contribution in [0.15, 0.2) is 24.5 Å². The second kappa shape index (κ2) is 6.89. The summed E-state index contributed by atoms with van der Waals surface area (Å²) in [6, 6.07) is 4.72. The monoisotopic (exact) mass is 248 g/mol. The van der Waals surface area contributed by atoms with Gasteiger partial charge in [-0.25, -0.2) is 0 Å². The van der Waals surface area contributed by atoms with Gasteiger partial charge in [-0.2, -0.15) is 0 Å². The molecule has 0 saturated heterocycles. The smallest absolute Gasteiger partial charge is 0.0300 e. The second-order valence-corrected chi connectivity index (χ2v) is 6.66. The Morgan fingerprint density at radius 2 is 2.06 bits per heavy atom. The van der Waals surface area contributed by atoms with Gasteiger partial charge in [-0.05, 0) is 49.3 Å². The Morgan fingerprint density at radius 1 is 1.33 bits per heavy atom. The fourth-order valence-electron chi connectivity index (χ4n) is 2.72. The third-order valence-electron chi connectivity index (χ3n) is 3.26. The number of pyridine rings is 1. The SMILES string of the molecule is CNC(Cc1cccnc1)CC(C)CC(C)(C)C. The highest BCUT2D eigenvalue weighted by Crippen LogP contribution is 2.27. The molecule has 2 unspecified atom stereocenters. The molecule has 0 aromatic carbocycles. The molecule has 1 aromatic rings. The number of nitrogens with one attached hydrogen (secondary N) is 1. The molecule has 0 aliphatic rings. The van der Waals surface area contributed by atoms with Gasteiger partial charge in [-0.3, -0.25) is 4.98 Å². The quantitative estimate of drug-likeness (QED) is 0.831. The van der Waals surface area contributed by atoms with Crippen LogP contribution in [0.3, 0.4) is 0 Å². The zero-order valence-electron chi connectivity index (χ0n) is 12.5. The maximum Gasteiger partial charge on any atom is 0.0300 e. The standard InChI is InChI=1S/C16H28N2/c1-13(11-16(2,3)4)9-15(17-5)10-14-7-6-8-18-12-14/h6-8,12-13,15,17H,9-11H2,1-5H3. The van der Waals surface area contributed by atoms with Crippen molar-refractivity contribution in [2.45, 2.75) is 53.0 Å². The van der Waals surface area contributed by atoms with Crippen LogP contribution >= 0.6 is 0 Å². The fourth-order valence-corrected chi connectivity index (χ4v) is 2.72. The van der Waals surface area contributed by atoms with E-state index in [0.717, 1.165) is 12.3 Å². The first-order chi connectivity index (χ1) is 8.40. The Morgan fingerprint density at radius 3 is 2.56 bits per heavy atom. The lowest BCUT2D eigenvalue weighted by Gasteiger charge is -2.26. The van der Waals surface area contributed by atoms with Crippen molar-refractivity contribution in [3.63, 3.8) is 0 Å². The number of hydrogen-bond donors (Lipinski definition) is 1. The molecule has 18 heavy (non-hydrogen) atoms. The summed E-state index contributed by atoms with van der Waals surface area (Å²) in [4.78, 5) is 4.18. The predicted molar refractivity (Wildman–Crippen MR) is 78.6 cm³/mol. The van der Waals surface area contributed by atoms with Crippen LogP contribution < -0.4 is 5.32 Å². The predicted octanol–water partition coefficient (Wildman–Crippen LogP) is 3.67. The summed E-state index contributed by atoms with van der Waals surface area (Å²) >= 11 is 0. The van der Waals surface area contributed by atoms with E-state index >= 15 is 0 Å². The number of likely N-dealkylation sites (N-methyl/N-ethyl adjacent to an activating group) is 1. The molecule has 102 valence electrons. The molecule has 1 aromatic heterocycles. The average Bonchev–Trinajstić information content (AvgIpc) is 2.27. The topological polar surface area (TPSA) is 24.9 Å². The molecule has 0 saturated carbocycles. The Labute approximate surface area is 112 Å². The molecular formula is C16H28N2. The second-order valence-electron chi connectivity index (χ2n) is 6.66. The van der Waals surface area contributed by atoms with Crippen LogP contribution in [-0.2, 0) is 6.42 Å². The molecule has 0 aliphatic carbocycles. The summed E-state index contributed by atoms with van der Waals surface area (Å²) in [6.45, 7) is 9.32. The summed E-state index contributed by atoms with van der Waals surface area (Å²) in [5.74, 6) is 0.749. The van der Waals surface area contributed by atoms with E-state index in [0.29, 0.717) is 11.5 Å². The number of aromatic nitrogens is 1. The normalized spacial score (nSPS) is 15.4. The maximum atomic E-state index is 4.18. The molecule has 0 spiro atoms. The third kappa shape index (κ3) is 6.15. The number of rotatable bonds is 6. The van der Waals surface area contributed by atoms with Crippen LogP contribution in [0, 0.1) is 11.3 Å². The fraction of sp³-hybridized carbons (Fsp3) is 0.688. The lowest BCUT2D eigenvalue weighted by atomic mass is 9.82. The van der Waals surface area contributed by atoms with E-state index in [4.69, 9.17) is 0 Å². The van der Waals surface area contributed by atoms with Crippen LogP contribution in [0.2, 0.25) is 0 Å². The highest BCUT2D eigenvalue weighted by Gasteiger charge is 2.18. The van der Waals surface area contributed by atoms with E-state index in [9.17, 15) is 0 Å². The molecule has 1 N–H and O–H groups in total. The van der Waals surface area contributed by atoms with Crippen molar-refractivity contribution < 1.29 is 0 Å². The highest BCUT2D eigenvalue weighted by molar-refractivity contribution is 5.10. The van der Waals surface area contributed by atoms with Crippen molar-refractivity contribution in [2.24, 2.45) is 11.3 Å². The number of hydrogen-bond acceptors (Lipinski definition) is 2. The van der Waals surface area contributed by atoms with Crippen molar-refractivity contribution in [3.05, 3.63) is 30.1 Å². The highest BCUT2D eigenvalue weighted by atomic mass is 14.9. The molecule has 0 bridgehead atoms. The van der Waals surface area contributed by atoms with Gasteiger partial charge in [0.25, 0.3) is 0 Å². The van der Waals surface area contributed by atoms with Crippen LogP contribution in [-0.4, -0.2) is 18.1 Å². The van der Waals surface area contributed by atoms with Crippen molar-refractivity contribution >= 4 is 0 Å². The van der Waals surface area contributed by atoms with Gasteiger partial charge < -0.3 is 5.32 Å². The van der Waals surface area contributed by atoms with Gasteiger partial charge in [0.05, 0.1) is 0 Å². The van der Waals surface area contributed by atoms with Gasteiger partial charge in [0.2, 0.25) is 0 Å². The molecular weight excluding hydrogens is 220 g/mol. The largest absolute Gasteiger partial charge is 0.317 e. The Bertz CT molecular complexity index is 327. The first kappa shape index (κ1) is 15.2. The molecule has 1 rings (SSSR count). The molecule has 0 radical (unpaired) electrons. The van der Waals surface area contributed by atoms with Gasteiger partial charge in [-0.15, -0.1) is 0 Å². The Hall–Kier alpha value is -0.890. The van der Waals surface area contributed by atoms with Crippen LogP contribution in [0.4, 0.5) is 0 Å². The lowest BCUT2D eigenvalue weighted by molar-refractivity contribution is 0.277. The van der Waals surface area contributed by atoms with Gasteiger partial charge in [0.1, 0.15) is 0 Å². The third-order valence-corrected chi connectivity index (χ3v) is 3.26. The van der Waals surface area contributed by atoms with E-state index in [2.05, 4.69) is 51.1 Å². The molecule has 2 atom stereocenters. The van der Waals surface area contributed by atoms with Gasteiger partial charge in [0, 0.05) is 18.4 Å². The average molecular weight is 248 g/mol. The zero-order chi connectivity index (χ0) is 13.6. The Kier molecular flexibility index (Phi) is 5.80. The molecule has 1 heterocycles. The van der Waals surface area contributed by atoms with Crippen LogP contribution in [0.5, 0.6) is 0 Å². The van der Waals surface area contributed by atoms with Crippen molar-refractivity contribution in [3.8, 4) is 0 Å². The Balaban J connectivity index is 2.47. The van der Waals surface area contributed by atoms with E-state index in [1.54, 1.807) is 0 Å². The van der Waals surface area contributed by atoms with E-state index in [1.807, 2.05) is 18.5 Å². The van der Waals surface area contributed by atoms with E-state index < -0.39 is 0 Å². The lowest BCUT2D eigenvalue weighted by Crippen LogP contribution is -2.30. The minimum atomic E-state index is 0.423. The summed E-state index contributed by atoms with van der Waals surface area (Å²) in [6.07, 6.45) is 7.37. The molecule has 0 aliphatic heterocycles. The van der Waals surface area contributed by atoms with Crippen LogP contribution in [0.1, 0.15) is 46.1 Å². The zero-order valence-corrected chi connectivity index (χ0v) is 12.5. The first-order valence-electron chi connectivity index (χ1n) is 6.97. The maximum absolute atomic E-state index is 4.18. The molecule has 0 fully saturated rings. The number of nitrogens with zero attached hydrogens (tertiary/aromatic N) is 1. The van der Waals surface area contributed by atoms with Crippen molar-refractivity contribution in [2.75, 3.05) is 7.05 Å². The molecule has 0 amide bonds.